The molecule has 0 radical (unpaired) electrons. The van der Waals surface area contributed by atoms with Crippen LogP contribution in [-0.4, -0.2) is 30.2 Å². The second kappa shape index (κ2) is 6.62. The largest absolute Gasteiger partial charge is 0.371 e. The van der Waals surface area contributed by atoms with Crippen molar-refractivity contribution in [1.29, 1.82) is 0 Å². The van der Waals surface area contributed by atoms with Gasteiger partial charge in [-0.15, -0.1) is 12.6 Å². The number of rotatable bonds is 5. The van der Waals surface area contributed by atoms with E-state index in [1.165, 1.54) is 23.3 Å². The predicted octanol–water partition coefficient (Wildman–Crippen LogP) is 4.56. The van der Waals surface area contributed by atoms with E-state index in [1.54, 1.807) is 0 Å². The van der Waals surface area contributed by atoms with Gasteiger partial charge in [0.2, 0.25) is 0 Å². The summed E-state index contributed by atoms with van der Waals surface area (Å²) < 4.78 is 5.78. The molecule has 0 saturated carbocycles. The lowest BCUT2D eigenvalue weighted by atomic mass is 9.83. The lowest BCUT2D eigenvalue weighted by molar-refractivity contribution is -0.213. The van der Waals surface area contributed by atoms with E-state index in [0.29, 0.717) is 5.92 Å². The van der Waals surface area contributed by atoms with Crippen molar-refractivity contribution < 1.29 is 4.74 Å². The van der Waals surface area contributed by atoms with Crippen molar-refractivity contribution in [3.05, 3.63) is 33.9 Å². The molecule has 3 heteroatoms. The van der Waals surface area contributed by atoms with Crippen molar-refractivity contribution in [2.75, 3.05) is 19.7 Å². The third kappa shape index (κ3) is 3.24. The molecule has 0 aliphatic carbocycles. The van der Waals surface area contributed by atoms with Crippen LogP contribution in [0.4, 0.5) is 0 Å². The molecule has 0 aromatic heterocycles. The zero-order valence-electron chi connectivity index (χ0n) is 14.1. The summed E-state index contributed by atoms with van der Waals surface area (Å²) in [6, 6.07) is 0. The van der Waals surface area contributed by atoms with Gasteiger partial charge in [-0.1, -0.05) is 32.9 Å². The van der Waals surface area contributed by atoms with Gasteiger partial charge in [-0.3, -0.25) is 0 Å². The Labute approximate surface area is 135 Å². The van der Waals surface area contributed by atoms with E-state index < -0.39 is 0 Å². The SMILES string of the molecule is C\C=C/C(S)=C(\C(=C(\C)CC)N1CC2(CCO2)C1)C(C)C. The fourth-order valence-electron chi connectivity index (χ4n) is 3.22. The van der Waals surface area contributed by atoms with Crippen LogP contribution < -0.4 is 0 Å². The fourth-order valence-corrected chi connectivity index (χ4v) is 3.74. The molecule has 2 heterocycles. The number of hydrogen-bond acceptors (Lipinski definition) is 3. The molecule has 2 aliphatic heterocycles. The van der Waals surface area contributed by atoms with Crippen LogP contribution in [0.5, 0.6) is 0 Å². The van der Waals surface area contributed by atoms with E-state index in [-0.39, 0.29) is 5.60 Å². The molecule has 2 nitrogen and oxygen atoms in total. The molecule has 2 aliphatic rings. The van der Waals surface area contributed by atoms with E-state index in [4.69, 9.17) is 17.4 Å². The van der Waals surface area contributed by atoms with E-state index in [9.17, 15) is 0 Å². The zero-order chi connectivity index (χ0) is 15.6. The van der Waals surface area contributed by atoms with Crippen LogP contribution >= 0.6 is 12.6 Å². The molecule has 0 N–H and O–H groups in total. The summed E-state index contributed by atoms with van der Waals surface area (Å²) in [6.45, 7) is 14.0. The van der Waals surface area contributed by atoms with Crippen molar-refractivity contribution in [3.63, 3.8) is 0 Å². The van der Waals surface area contributed by atoms with Crippen LogP contribution in [-0.2, 0) is 4.74 Å². The van der Waals surface area contributed by atoms with E-state index in [2.05, 4.69) is 44.7 Å². The summed E-state index contributed by atoms with van der Waals surface area (Å²) in [5.41, 5.74) is 4.38. The number of allylic oxidation sites excluding steroid dienone is 4. The number of ether oxygens (including phenoxy) is 1. The molecule has 2 fully saturated rings. The molecule has 0 amide bonds. The summed E-state index contributed by atoms with van der Waals surface area (Å²) in [7, 11) is 0. The summed E-state index contributed by atoms with van der Waals surface area (Å²) in [5.74, 6) is 0.462. The van der Waals surface area contributed by atoms with Crippen molar-refractivity contribution in [3.8, 4) is 0 Å². The van der Waals surface area contributed by atoms with Gasteiger partial charge in [-0.2, -0.15) is 0 Å². The molecule has 1 spiro atoms. The first kappa shape index (κ1) is 16.7. The Bertz CT molecular complexity index is 475. The summed E-state index contributed by atoms with van der Waals surface area (Å²) >= 11 is 4.76. The molecule has 2 rings (SSSR count). The predicted molar refractivity (Wildman–Crippen MR) is 93.5 cm³/mol. The summed E-state index contributed by atoms with van der Waals surface area (Å²) in [4.78, 5) is 3.58. The first-order valence-corrected chi connectivity index (χ1v) is 8.53. The van der Waals surface area contributed by atoms with Crippen molar-refractivity contribution in [2.45, 2.75) is 53.1 Å². The topological polar surface area (TPSA) is 12.5 Å². The van der Waals surface area contributed by atoms with E-state index >= 15 is 0 Å². The molecule has 21 heavy (non-hydrogen) atoms. The van der Waals surface area contributed by atoms with Gasteiger partial charge < -0.3 is 9.64 Å². The average molecular weight is 308 g/mol. The highest BCUT2D eigenvalue weighted by atomic mass is 32.1. The average Bonchev–Trinajstić information content (AvgIpc) is 2.32. The highest BCUT2D eigenvalue weighted by molar-refractivity contribution is 7.84. The van der Waals surface area contributed by atoms with Crippen LogP contribution in [0.2, 0.25) is 0 Å². The maximum absolute atomic E-state index is 5.78. The second-order valence-electron chi connectivity index (χ2n) is 6.57. The smallest absolute Gasteiger partial charge is 0.105 e. The molecule has 2 saturated heterocycles. The maximum Gasteiger partial charge on any atom is 0.105 e. The monoisotopic (exact) mass is 307 g/mol. The molecular weight excluding hydrogens is 278 g/mol. The third-order valence-electron chi connectivity index (χ3n) is 4.61. The Morgan fingerprint density at radius 1 is 1.38 bits per heavy atom. The molecule has 118 valence electrons. The quantitative estimate of drug-likeness (QED) is 0.590. The molecule has 0 atom stereocenters. The fraction of sp³-hybridized carbons (Fsp3) is 0.667. The van der Waals surface area contributed by atoms with Gasteiger partial charge in [-0.25, -0.2) is 0 Å². The second-order valence-corrected chi connectivity index (χ2v) is 7.06. The Kier molecular flexibility index (Phi) is 5.26. The Morgan fingerprint density at radius 2 is 2.00 bits per heavy atom. The van der Waals surface area contributed by atoms with Crippen LogP contribution in [0.3, 0.4) is 0 Å². The van der Waals surface area contributed by atoms with Gasteiger partial charge in [0.15, 0.2) is 0 Å². The summed E-state index contributed by atoms with van der Waals surface area (Å²) in [6.07, 6.45) is 6.46. The molecule has 0 aromatic carbocycles. The third-order valence-corrected chi connectivity index (χ3v) is 5.00. The normalized spacial score (nSPS) is 23.1. The van der Waals surface area contributed by atoms with Crippen LogP contribution in [0.25, 0.3) is 0 Å². The summed E-state index contributed by atoms with van der Waals surface area (Å²) in [5, 5.41) is 0. The van der Waals surface area contributed by atoms with Gasteiger partial charge in [0.25, 0.3) is 0 Å². The molecular formula is C18H29NOS. The number of nitrogens with zero attached hydrogens (tertiary/aromatic N) is 1. The maximum atomic E-state index is 5.78. The first-order chi connectivity index (χ1) is 9.94. The van der Waals surface area contributed by atoms with Crippen molar-refractivity contribution in [1.82, 2.24) is 4.90 Å². The zero-order valence-corrected chi connectivity index (χ0v) is 15.0. The minimum atomic E-state index is 0.165. The first-order valence-electron chi connectivity index (χ1n) is 8.09. The number of hydrogen-bond donors (Lipinski definition) is 1. The number of likely N-dealkylation sites (tertiary alicyclic amines) is 1. The van der Waals surface area contributed by atoms with Gasteiger partial charge in [0.05, 0.1) is 6.61 Å². The van der Waals surface area contributed by atoms with Crippen LogP contribution in [0, 0.1) is 5.92 Å². The van der Waals surface area contributed by atoms with Gasteiger partial charge in [0, 0.05) is 30.1 Å². The Hall–Kier alpha value is -0.670. The Morgan fingerprint density at radius 3 is 2.38 bits per heavy atom. The van der Waals surface area contributed by atoms with E-state index in [0.717, 1.165) is 31.0 Å². The highest BCUT2D eigenvalue weighted by Gasteiger charge is 2.50. The minimum absolute atomic E-state index is 0.165. The molecule has 0 aromatic rings. The van der Waals surface area contributed by atoms with Crippen molar-refractivity contribution in [2.24, 2.45) is 5.92 Å². The highest BCUT2D eigenvalue weighted by Crippen LogP contribution is 2.42. The molecule has 0 bridgehead atoms. The van der Waals surface area contributed by atoms with E-state index in [1.807, 2.05) is 6.92 Å². The van der Waals surface area contributed by atoms with Gasteiger partial charge >= 0.3 is 0 Å². The van der Waals surface area contributed by atoms with Crippen molar-refractivity contribution >= 4 is 12.6 Å². The lowest BCUT2D eigenvalue weighted by Gasteiger charge is -2.57. The number of thiol groups is 1. The van der Waals surface area contributed by atoms with Crippen LogP contribution in [0.15, 0.2) is 33.9 Å². The lowest BCUT2D eigenvalue weighted by Crippen LogP contribution is -2.67. The van der Waals surface area contributed by atoms with Crippen LogP contribution in [0.1, 0.15) is 47.5 Å². The minimum Gasteiger partial charge on any atom is -0.371 e. The Balaban J connectivity index is 2.34. The van der Waals surface area contributed by atoms with Gasteiger partial charge in [0.1, 0.15) is 5.60 Å². The van der Waals surface area contributed by atoms with Gasteiger partial charge in [-0.05, 0) is 37.3 Å². The standard InChI is InChI=1S/C18H29NOS/c1-6-8-15(21)16(13(3)4)17(14(5)7-2)19-11-18(12-19)9-10-20-18/h6,8,13,21H,7,9-12H2,1-5H3/b8-6-,16-15+,17-14+. The molecule has 0 unspecified atom stereocenters.